The number of nitrogens with one attached hydrogen (secondary N) is 2. The molecule has 0 bridgehead atoms. The molecule has 4 rings (SSSR count). The van der Waals surface area contributed by atoms with E-state index in [0.29, 0.717) is 5.69 Å². The fraction of sp³-hybridized carbons (Fsp3) is 0.233. The minimum Gasteiger partial charge on any atom is -0.444 e. The van der Waals surface area contributed by atoms with Crippen LogP contribution in [0.3, 0.4) is 0 Å². The number of rotatable bonds is 7. The Morgan fingerprint density at radius 1 is 0.865 bits per heavy atom. The van der Waals surface area contributed by atoms with Crippen LogP contribution in [0.2, 0.25) is 0 Å². The summed E-state index contributed by atoms with van der Waals surface area (Å²) in [5, 5.41) is 5.83. The first-order valence-corrected chi connectivity index (χ1v) is 12.2. The lowest BCUT2D eigenvalue weighted by atomic mass is 9.84. The summed E-state index contributed by atoms with van der Waals surface area (Å²) in [5.74, 6) is -0.791. The molecule has 7 nitrogen and oxygen atoms in total. The summed E-state index contributed by atoms with van der Waals surface area (Å²) in [5.41, 5.74) is 3.66. The minimum absolute atomic E-state index is 0.350. The number of aryl methyl sites for hydroxylation is 1. The molecule has 0 saturated heterocycles. The Balaban J connectivity index is 1.66. The van der Waals surface area contributed by atoms with Crippen molar-refractivity contribution in [1.29, 1.82) is 0 Å². The molecular weight excluding hydrogens is 464 g/mol. The molecule has 0 aliphatic rings. The van der Waals surface area contributed by atoms with Crippen LogP contribution in [-0.4, -0.2) is 33.2 Å². The predicted octanol–water partition coefficient (Wildman–Crippen LogP) is 5.75. The predicted molar refractivity (Wildman–Crippen MR) is 145 cm³/mol. The molecule has 0 saturated carbocycles. The van der Waals surface area contributed by atoms with Crippen molar-refractivity contribution in [2.45, 2.75) is 38.3 Å². The van der Waals surface area contributed by atoms with Gasteiger partial charge in [0, 0.05) is 18.7 Å². The Morgan fingerprint density at radius 2 is 1.43 bits per heavy atom. The monoisotopic (exact) mass is 496 g/mol. The Bertz CT molecular complexity index is 1290. The molecule has 0 unspecified atom stereocenters. The molecule has 0 aliphatic carbocycles. The van der Waals surface area contributed by atoms with Crippen LogP contribution in [0, 0.1) is 0 Å². The van der Waals surface area contributed by atoms with Gasteiger partial charge in [-0.15, -0.1) is 0 Å². The van der Waals surface area contributed by atoms with Crippen LogP contribution in [0.25, 0.3) is 11.3 Å². The van der Waals surface area contributed by atoms with Crippen LogP contribution in [0.5, 0.6) is 0 Å². The number of aromatic nitrogens is 2. The first-order chi connectivity index (χ1) is 17.7. The highest BCUT2D eigenvalue weighted by Crippen LogP contribution is 2.30. The van der Waals surface area contributed by atoms with E-state index in [2.05, 4.69) is 15.6 Å². The molecule has 1 heterocycles. The highest BCUT2D eigenvalue weighted by molar-refractivity contribution is 5.98. The number of ether oxygens (including phenoxy) is 1. The van der Waals surface area contributed by atoms with Gasteiger partial charge in [-0.25, -0.2) is 9.78 Å². The Kier molecular flexibility index (Phi) is 7.72. The first-order valence-electron chi connectivity index (χ1n) is 12.2. The van der Waals surface area contributed by atoms with Gasteiger partial charge in [-0.2, -0.15) is 0 Å². The van der Waals surface area contributed by atoms with E-state index in [1.165, 1.54) is 0 Å². The average molecular weight is 497 g/mol. The number of imidazole rings is 1. The maximum Gasteiger partial charge on any atom is 0.408 e. The lowest BCUT2D eigenvalue weighted by molar-refractivity contribution is -0.118. The van der Waals surface area contributed by atoms with Crippen molar-refractivity contribution >= 4 is 17.7 Å². The van der Waals surface area contributed by atoms with Gasteiger partial charge in [0.15, 0.2) is 0 Å². The smallest absolute Gasteiger partial charge is 0.408 e. The van der Waals surface area contributed by atoms with E-state index >= 15 is 0 Å². The van der Waals surface area contributed by atoms with Gasteiger partial charge in [0.05, 0.1) is 18.2 Å². The lowest BCUT2D eigenvalue weighted by Crippen LogP contribution is -2.49. The standard InChI is InChI=1S/C30H32N4O3/c1-30(2,3)37-29(36)33-27(26(22-11-7-5-8-12-22)23-13-9-6-10-14-23)28(35)32-24-17-15-21(16-18-24)25-19-31-20-34(25)4/h5-20,26-27H,1-4H3,(H,32,35)(H,33,36)/t27-/m0/s1. The van der Waals surface area contributed by atoms with Gasteiger partial charge in [0.1, 0.15) is 11.6 Å². The van der Waals surface area contributed by atoms with E-state index in [1.54, 1.807) is 33.3 Å². The number of hydrogen-bond acceptors (Lipinski definition) is 4. The summed E-state index contributed by atoms with van der Waals surface area (Å²) in [6, 6.07) is 25.9. The van der Waals surface area contributed by atoms with Crippen molar-refractivity contribution in [2.75, 3.05) is 5.32 Å². The third kappa shape index (κ3) is 6.64. The van der Waals surface area contributed by atoms with Gasteiger partial charge in [-0.05, 0) is 49.6 Å². The second-order valence-electron chi connectivity index (χ2n) is 9.88. The molecule has 190 valence electrons. The topological polar surface area (TPSA) is 85.3 Å². The fourth-order valence-corrected chi connectivity index (χ4v) is 4.21. The Hall–Kier alpha value is -4.39. The van der Waals surface area contributed by atoms with Crippen molar-refractivity contribution in [3.63, 3.8) is 0 Å². The summed E-state index contributed by atoms with van der Waals surface area (Å²) < 4.78 is 7.45. The van der Waals surface area contributed by atoms with E-state index < -0.39 is 23.7 Å². The summed E-state index contributed by atoms with van der Waals surface area (Å²) in [4.78, 5) is 30.8. The second kappa shape index (κ2) is 11.1. The zero-order chi connectivity index (χ0) is 26.4. The lowest BCUT2D eigenvalue weighted by Gasteiger charge is -2.29. The molecule has 3 aromatic carbocycles. The van der Waals surface area contributed by atoms with Gasteiger partial charge in [0.25, 0.3) is 0 Å². The largest absolute Gasteiger partial charge is 0.444 e. The van der Waals surface area contributed by atoms with E-state index in [-0.39, 0.29) is 5.91 Å². The maximum absolute atomic E-state index is 13.8. The number of benzene rings is 3. The van der Waals surface area contributed by atoms with Crippen LogP contribution < -0.4 is 10.6 Å². The fourth-order valence-electron chi connectivity index (χ4n) is 4.21. The van der Waals surface area contributed by atoms with Crippen LogP contribution in [0.15, 0.2) is 97.5 Å². The number of carbonyl (C=O) groups is 2. The SMILES string of the molecule is Cn1cncc1-c1ccc(NC(=O)[C@@H](NC(=O)OC(C)(C)C)C(c2ccccc2)c2ccccc2)cc1. The van der Waals surface area contributed by atoms with Crippen LogP contribution >= 0.6 is 0 Å². The highest BCUT2D eigenvalue weighted by atomic mass is 16.6. The molecule has 37 heavy (non-hydrogen) atoms. The number of alkyl carbamates (subject to hydrolysis) is 1. The number of anilines is 1. The van der Waals surface area contributed by atoms with Gasteiger partial charge < -0.3 is 19.9 Å². The zero-order valence-electron chi connectivity index (χ0n) is 21.5. The van der Waals surface area contributed by atoms with Crippen LogP contribution in [-0.2, 0) is 16.6 Å². The van der Waals surface area contributed by atoms with Gasteiger partial charge in [-0.1, -0.05) is 72.8 Å². The van der Waals surface area contributed by atoms with E-state index in [0.717, 1.165) is 22.4 Å². The Labute approximate surface area is 217 Å². The third-order valence-corrected chi connectivity index (χ3v) is 5.87. The molecule has 0 radical (unpaired) electrons. The van der Waals surface area contributed by atoms with Crippen molar-refractivity contribution in [2.24, 2.45) is 7.05 Å². The molecule has 2 amide bonds. The van der Waals surface area contributed by atoms with Gasteiger partial charge in [-0.3, -0.25) is 4.79 Å². The number of nitrogens with zero attached hydrogens (tertiary/aromatic N) is 2. The molecule has 0 fully saturated rings. The average Bonchev–Trinajstić information content (AvgIpc) is 3.30. The minimum atomic E-state index is -0.934. The molecule has 0 spiro atoms. The molecule has 7 heteroatoms. The van der Waals surface area contributed by atoms with Crippen molar-refractivity contribution in [3.8, 4) is 11.3 Å². The van der Waals surface area contributed by atoms with Gasteiger partial charge in [0.2, 0.25) is 5.91 Å². The number of carbonyl (C=O) groups excluding carboxylic acids is 2. The van der Waals surface area contributed by atoms with E-state index in [9.17, 15) is 9.59 Å². The second-order valence-corrected chi connectivity index (χ2v) is 9.88. The normalized spacial score (nSPS) is 12.1. The third-order valence-electron chi connectivity index (χ3n) is 5.87. The summed E-state index contributed by atoms with van der Waals surface area (Å²) in [7, 11) is 1.93. The quantitative estimate of drug-likeness (QED) is 0.341. The maximum atomic E-state index is 13.8. The van der Waals surface area contributed by atoms with Crippen LogP contribution in [0.1, 0.15) is 37.8 Å². The van der Waals surface area contributed by atoms with Gasteiger partial charge >= 0.3 is 6.09 Å². The van der Waals surface area contributed by atoms with E-state index in [1.807, 2.05) is 96.5 Å². The molecule has 4 aromatic rings. The Morgan fingerprint density at radius 3 is 1.92 bits per heavy atom. The molecule has 1 atom stereocenters. The zero-order valence-corrected chi connectivity index (χ0v) is 21.5. The number of amides is 2. The molecule has 0 aliphatic heterocycles. The van der Waals surface area contributed by atoms with Crippen molar-refractivity contribution in [1.82, 2.24) is 14.9 Å². The number of hydrogen-bond donors (Lipinski definition) is 2. The van der Waals surface area contributed by atoms with Crippen molar-refractivity contribution in [3.05, 3.63) is 109 Å². The summed E-state index contributed by atoms with van der Waals surface area (Å²) >= 11 is 0. The van der Waals surface area contributed by atoms with Crippen molar-refractivity contribution < 1.29 is 14.3 Å². The first kappa shape index (κ1) is 25.7. The molecular formula is C30H32N4O3. The summed E-state index contributed by atoms with van der Waals surface area (Å²) in [6.45, 7) is 5.37. The molecule has 1 aromatic heterocycles. The molecule has 2 N–H and O–H groups in total. The van der Waals surface area contributed by atoms with E-state index in [4.69, 9.17) is 4.74 Å². The summed E-state index contributed by atoms with van der Waals surface area (Å²) in [6.07, 6.45) is 2.88. The highest BCUT2D eigenvalue weighted by Gasteiger charge is 2.34. The van der Waals surface area contributed by atoms with Crippen LogP contribution in [0.4, 0.5) is 10.5 Å².